The van der Waals surface area contributed by atoms with Crippen LogP contribution in [0.1, 0.15) is 64.2 Å². The van der Waals surface area contributed by atoms with Crippen molar-refractivity contribution in [1.82, 2.24) is 10.2 Å². The second kappa shape index (κ2) is 5.37. The second-order valence-corrected chi connectivity index (χ2v) is 7.81. The van der Waals surface area contributed by atoms with Gasteiger partial charge in [0.25, 0.3) is 0 Å². The van der Waals surface area contributed by atoms with Crippen molar-refractivity contribution in [1.29, 1.82) is 0 Å². The van der Waals surface area contributed by atoms with Gasteiger partial charge in [0.05, 0.1) is 0 Å². The predicted octanol–water partition coefficient (Wildman–Crippen LogP) is 3.17. The molecule has 0 aromatic carbocycles. The molecular weight excluding hydrogens is 232 g/mol. The summed E-state index contributed by atoms with van der Waals surface area (Å²) in [5.74, 6) is 2.10. The average Bonchev–Trinajstić information content (AvgIpc) is 3.32. The standard InChI is InChI=1S/C17H30N2/c1-2-4-17(3-1)19-11-14(9-13-5-6-13)10-16(12-19)18-15-7-8-15/h13-18H,1-12H2. The van der Waals surface area contributed by atoms with Crippen molar-refractivity contribution in [3.8, 4) is 0 Å². The first-order chi connectivity index (χ1) is 9.37. The van der Waals surface area contributed by atoms with Gasteiger partial charge in [-0.1, -0.05) is 25.7 Å². The summed E-state index contributed by atoms with van der Waals surface area (Å²) in [4.78, 5) is 2.88. The highest BCUT2D eigenvalue weighted by Gasteiger charge is 2.36. The third-order valence-corrected chi connectivity index (χ3v) is 5.82. The van der Waals surface area contributed by atoms with Gasteiger partial charge >= 0.3 is 0 Å². The van der Waals surface area contributed by atoms with Crippen LogP contribution in [0.5, 0.6) is 0 Å². The summed E-state index contributed by atoms with van der Waals surface area (Å²) in [6.07, 6.45) is 14.9. The van der Waals surface area contributed by atoms with Gasteiger partial charge in [-0.2, -0.15) is 0 Å². The molecule has 0 spiro atoms. The Kier molecular flexibility index (Phi) is 3.57. The van der Waals surface area contributed by atoms with E-state index < -0.39 is 0 Å². The zero-order valence-corrected chi connectivity index (χ0v) is 12.3. The Balaban J connectivity index is 1.37. The number of piperidine rings is 1. The Hall–Kier alpha value is -0.0800. The maximum atomic E-state index is 3.93. The summed E-state index contributed by atoms with van der Waals surface area (Å²) in [5, 5.41) is 3.93. The lowest BCUT2D eigenvalue weighted by molar-refractivity contribution is 0.0924. The van der Waals surface area contributed by atoms with Crippen molar-refractivity contribution in [2.24, 2.45) is 11.8 Å². The van der Waals surface area contributed by atoms with E-state index in [4.69, 9.17) is 0 Å². The van der Waals surface area contributed by atoms with Crippen molar-refractivity contribution in [3.63, 3.8) is 0 Å². The van der Waals surface area contributed by atoms with Gasteiger partial charge in [-0.25, -0.2) is 0 Å². The van der Waals surface area contributed by atoms with E-state index in [2.05, 4.69) is 10.2 Å². The van der Waals surface area contributed by atoms with Crippen LogP contribution < -0.4 is 5.32 Å². The zero-order valence-electron chi connectivity index (χ0n) is 12.3. The highest BCUT2D eigenvalue weighted by Crippen LogP contribution is 2.39. The first-order valence-corrected chi connectivity index (χ1v) is 8.87. The number of likely N-dealkylation sites (tertiary alicyclic amines) is 1. The van der Waals surface area contributed by atoms with Gasteiger partial charge in [0.2, 0.25) is 0 Å². The number of rotatable bonds is 5. The fourth-order valence-corrected chi connectivity index (χ4v) is 4.51. The summed E-state index contributed by atoms with van der Waals surface area (Å²) < 4.78 is 0. The maximum absolute atomic E-state index is 3.93. The molecule has 2 unspecified atom stereocenters. The molecule has 2 atom stereocenters. The van der Waals surface area contributed by atoms with Crippen molar-refractivity contribution < 1.29 is 0 Å². The van der Waals surface area contributed by atoms with E-state index in [1.165, 1.54) is 77.3 Å². The first-order valence-electron chi connectivity index (χ1n) is 8.87. The molecule has 1 heterocycles. The monoisotopic (exact) mass is 262 g/mol. The summed E-state index contributed by atoms with van der Waals surface area (Å²) in [6, 6.07) is 2.63. The lowest BCUT2D eigenvalue weighted by atomic mass is 9.88. The molecule has 3 aliphatic carbocycles. The van der Waals surface area contributed by atoms with Gasteiger partial charge in [0.15, 0.2) is 0 Å². The molecule has 0 radical (unpaired) electrons. The molecule has 2 heteroatoms. The molecule has 4 rings (SSSR count). The SMILES string of the molecule is C1CCC(N2CC(CC3CC3)CC(NC3CC3)C2)C1. The largest absolute Gasteiger partial charge is 0.310 e. The zero-order chi connectivity index (χ0) is 12.7. The molecule has 1 aliphatic heterocycles. The lowest BCUT2D eigenvalue weighted by Gasteiger charge is -2.41. The molecule has 3 saturated carbocycles. The minimum Gasteiger partial charge on any atom is -0.310 e. The predicted molar refractivity (Wildman–Crippen MR) is 79.2 cm³/mol. The summed E-state index contributed by atoms with van der Waals surface area (Å²) >= 11 is 0. The molecule has 108 valence electrons. The number of hydrogen-bond acceptors (Lipinski definition) is 2. The van der Waals surface area contributed by atoms with Gasteiger partial charge in [-0.3, -0.25) is 4.90 Å². The molecule has 0 aromatic rings. The minimum atomic E-state index is 0.811. The van der Waals surface area contributed by atoms with Gasteiger partial charge in [0.1, 0.15) is 0 Å². The first kappa shape index (κ1) is 12.6. The molecule has 0 aromatic heterocycles. The fourth-order valence-electron chi connectivity index (χ4n) is 4.51. The van der Waals surface area contributed by atoms with Crippen LogP contribution in [-0.4, -0.2) is 36.1 Å². The Morgan fingerprint density at radius 1 is 0.789 bits per heavy atom. The molecule has 0 amide bonds. The van der Waals surface area contributed by atoms with Crippen LogP contribution in [0.3, 0.4) is 0 Å². The maximum Gasteiger partial charge on any atom is 0.0200 e. The van der Waals surface area contributed by atoms with E-state index in [-0.39, 0.29) is 0 Å². The van der Waals surface area contributed by atoms with Crippen LogP contribution in [0.2, 0.25) is 0 Å². The normalized spacial score (nSPS) is 37.9. The van der Waals surface area contributed by atoms with Crippen molar-refractivity contribution in [3.05, 3.63) is 0 Å². The molecule has 4 fully saturated rings. The highest BCUT2D eigenvalue weighted by atomic mass is 15.2. The van der Waals surface area contributed by atoms with E-state index in [0.29, 0.717) is 0 Å². The highest BCUT2D eigenvalue weighted by molar-refractivity contribution is 4.94. The quantitative estimate of drug-likeness (QED) is 0.818. The number of hydrogen-bond donors (Lipinski definition) is 1. The van der Waals surface area contributed by atoms with Gasteiger partial charge < -0.3 is 5.32 Å². The van der Waals surface area contributed by atoms with Crippen LogP contribution >= 0.6 is 0 Å². The van der Waals surface area contributed by atoms with Crippen molar-refractivity contribution in [2.45, 2.75) is 82.3 Å². The molecule has 1 N–H and O–H groups in total. The fraction of sp³-hybridized carbons (Fsp3) is 1.00. The molecule has 0 bridgehead atoms. The summed E-state index contributed by atoms with van der Waals surface area (Å²) in [7, 11) is 0. The topological polar surface area (TPSA) is 15.3 Å². The number of nitrogens with one attached hydrogen (secondary N) is 1. The third kappa shape index (κ3) is 3.33. The van der Waals surface area contributed by atoms with Gasteiger partial charge in [-0.05, 0) is 50.4 Å². The van der Waals surface area contributed by atoms with E-state index in [1.807, 2.05) is 0 Å². The van der Waals surface area contributed by atoms with Crippen LogP contribution in [0.4, 0.5) is 0 Å². The molecule has 4 aliphatic rings. The third-order valence-electron chi connectivity index (χ3n) is 5.82. The van der Waals surface area contributed by atoms with Gasteiger partial charge in [0, 0.05) is 31.2 Å². The van der Waals surface area contributed by atoms with Crippen molar-refractivity contribution in [2.75, 3.05) is 13.1 Å². The lowest BCUT2D eigenvalue weighted by Crippen LogP contribution is -2.52. The Bertz CT molecular complexity index is 280. The van der Waals surface area contributed by atoms with E-state index in [9.17, 15) is 0 Å². The van der Waals surface area contributed by atoms with E-state index in [1.54, 1.807) is 0 Å². The molecule has 1 saturated heterocycles. The second-order valence-electron chi connectivity index (χ2n) is 7.81. The Labute approximate surface area is 118 Å². The Morgan fingerprint density at radius 3 is 2.26 bits per heavy atom. The Morgan fingerprint density at radius 2 is 1.58 bits per heavy atom. The average molecular weight is 262 g/mol. The molecule has 2 nitrogen and oxygen atoms in total. The number of nitrogens with zero attached hydrogens (tertiary/aromatic N) is 1. The summed E-state index contributed by atoms with van der Waals surface area (Å²) in [6.45, 7) is 2.77. The molecular formula is C17H30N2. The van der Waals surface area contributed by atoms with E-state index in [0.717, 1.165) is 30.0 Å². The minimum absolute atomic E-state index is 0.811. The van der Waals surface area contributed by atoms with E-state index >= 15 is 0 Å². The van der Waals surface area contributed by atoms with Crippen LogP contribution in [0.25, 0.3) is 0 Å². The molecule has 19 heavy (non-hydrogen) atoms. The van der Waals surface area contributed by atoms with Crippen LogP contribution in [-0.2, 0) is 0 Å². The van der Waals surface area contributed by atoms with Crippen molar-refractivity contribution >= 4 is 0 Å². The van der Waals surface area contributed by atoms with Gasteiger partial charge in [-0.15, -0.1) is 0 Å². The summed E-state index contributed by atoms with van der Waals surface area (Å²) in [5.41, 5.74) is 0. The van der Waals surface area contributed by atoms with Crippen LogP contribution in [0.15, 0.2) is 0 Å². The van der Waals surface area contributed by atoms with Crippen LogP contribution in [0, 0.1) is 11.8 Å². The smallest absolute Gasteiger partial charge is 0.0200 e.